The van der Waals surface area contributed by atoms with Gasteiger partial charge in [0.25, 0.3) is 5.91 Å². The molecule has 1 aromatic carbocycles. The molecule has 0 radical (unpaired) electrons. The summed E-state index contributed by atoms with van der Waals surface area (Å²) in [6.45, 7) is 6.90. The lowest BCUT2D eigenvalue weighted by atomic mass is 10.1. The first-order chi connectivity index (χ1) is 15.0. The Morgan fingerprint density at radius 2 is 1.88 bits per heavy atom. The number of carbonyl (C=O) groups is 3. The fourth-order valence-corrected chi connectivity index (χ4v) is 5.82. The Balaban J connectivity index is 1.82. The van der Waals surface area contributed by atoms with Gasteiger partial charge in [0.2, 0.25) is 5.91 Å². The Hall–Kier alpha value is -2.07. The summed E-state index contributed by atoms with van der Waals surface area (Å²) in [5, 5.41) is 2.13. The van der Waals surface area contributed by atoms with E-state index in [0.29, 0.717) is 18.5 Å². The molecule has 1 N–H and O–H groups in total. The zero-order valence-corrected chi connectivity index (χ0v) is 20.6. The standard InChI is InChI=1S/C22H32N2O6S2/c1-5-16(3)24(19-10-11-32(28,29)14-19)21(26)12-30-22(27)17(4)31-13-20(25)23-18-8-6-15(2)7-9-18/h6-9,16-17,19H,5,10-14H2,1-4H3,(H,23,25)/t16-,17+,19-/m0/s1. The van der Waals surface area contributed by atoms with Crippen molar-refractivity contribution in [3.8, 4) is 0 Å². The number of benzene rings is 1. The lowest BCUT2D eigenvalue weighted by Crippen LogP contribution is -2.48. The summed E-state index contributed by atoms with van der Waals surface area (Å²) in [6, 6.07) is 6.85. The number of carbonyl (C=O) groups excluding carboxylic acids is 3. The van der Waals surface area contributed by atoms with E-state index in [9.17, 15) is 22.8 Å². The highest BCUT2D eigenvalue weighted by molar-refractivity contribution is 8.01. The van der Waals surface area contributed by atoms with E-state index in [1.54, 1.807) is 24.0 Å². The van der Waals surface area contributed by atoms with Gasteiger partial charge in [-0.3, -0.25) is 14.4 Å². The highest BCUT2D eigenvalue weighted by Gasteiger charge is 2.36. The van der Waals surface area contributed by atoms with Crippen molar-refractivity contribution in [3.05, 3.63) is 29.8 Å². The summed E-state index contributed by atoms with van der Waals surface area (Å²) in [5.41, 5.74) is 1.77. The van der Waals surface area contributed by atoms with Crippen molar-refractivity contribution < 1.29 is 27.5 Å². The van der Waals surface area contributed by atoms with Gasteiger partial charge >= 0.3 is 5.97 Å². The molecule has 0 bridgehead atoms. The largest absolute Gasteiger partial charge is 0.455 e. The lowest BCUT2D eigenvalue weighted by Gasteiger charge is -2.33. The van der Waals surface area contributed by atoms with Crippen molar-refractivity contribution in [1.29, 1.82) is 0 Å². The predicted molar refractivity (Wildman–Crippen MR) is 126 cm³/mol. The summed E-state index contributed by atoms with van der Waals surface area (Å²) in [5.74, 6) is -1.15. The average Bonchev–Trinajstić information content (AvgIpc) is 3.10. The molecule has 2 amide bonds. The molecule has 0 spiro atoms. The molecule has 1 saturated heterocycles. The second kappa shape index (κ2) is 11.7. The van der Waals surface area contributed by atoms with Crippen molar-refractivity contribution >= 4 is 45.1 Å². The van der Waals surface area contributed by atoms with E-state index < -0.39 is 39.6 Å². The minimum atomic E-state index is -3.14. The number of nitrogens with one attached hydrogen (secondary N) is 1. The van der Waals surface area contributed by atoms with E-state index in [0.717, 1.165) is 17.3 Å². The van der Waals surface area contributed by atoms with Gasteiger partial charge in [-0.1, -0.05) is 24.6 Å². The SMILES string of the molecule is CC[C@H](C)N(C(=O)COC(=O)[C@@H](C)SCC(=O)Nc1ccc(C)cc1)[C@H]1CCS(=O)(=O)C1. The predicted octanol–water partition coefficient (Wildman–Crippen LogP) is 2.41. The van der Waals surface area contributed by atoms with Crippen LogP contribution in [0.15, 0.2) is 24.3 Å². The number of thioether (sulfide) groups is 1. The molecule has 0 unspecified atom stereocenters. The second-order valence-corrected chi connectivity index (χ2v) is 11.6. The van der Waals surface area contributed by atoms with Gasteiger partial charge in [0.05, 0.1) is 17.3 Å². The summed E-state index contributed by atoms with van der Waals surface area (Å²) in [6.07, 6.45) is 1.06. The number of hydrogen-bond donors (Lipinski definition) is 1. The first-order valence-corrected chi connectivity index (χ1v) is 13.6. The van der Waals surface area contributed by atoms with Gasteiger partial charge in [0.15, 0.2) is 16.4 Å². The molecule has 0 aromatic heterocycles. The average molecular weight is 485 g/mol. The third-order valence-corrected chi connectivity index (χ3v) is 8.30. The molecule has 3 atom stereocenters. The highest BCUT2D eigenvalue weighted by atomic mass is 32.2. The molecule has 8 nitrogen and oxygen atoms in total. The van der Waals surface area contributed by atoms with E-state index in [1.165, 1.54) is 0 Å². The van der Waals surface area contributed by atoms with E-state index in [4.69, 9.17) is 4.74 Å². The second-order valence-electron chi connectivity index (χ2n) is 8.09. The molecule has 0 saturated carbocycles. The number of sulfone groups is 1. The third-order valence-electron chi connectivity index (χ3n) is 5.43. The number of nitrogens with zero attached hydrogens (tertiary/aromatic N) is 1. The molecule has 1 fully saturated rings. The minimum Gasteiger partial charge on any atom is -0.455 e. The van der Waals surface area contributed by atoms with Crippen molar-refractivity contribution in [2.45, 2.75) is 57.9 Å². The maximum absolute atomic E-state index is 12.7. The normalized spacial score (nSPS) is 19.1. The van der Waals surface area contributed by atoms with Gasteiger partial charge < -0.3 is 15.0 Å². The van der Waals surface area contributed by atoms with Crippen LogP contribution in [0.3, 0.4) is 0 Å². The van der Waals surface area contributed by atoms with Gasteiger partial charge in [0, 0.05) is 17.8 Å². The number of ether oxygens (including phenoxy) is 1. The van der Waals surface area contributed by atoms with E-state index in [2.05, 4.69) is 5.32 Å². The van der Waals surface area contributed by atoms with Crippen LogP contribution >= 0.6 is 11.8 Å². The van der Waals surface area contributed by atoms with Crippen LogP contribution in [0.2, 0.25) is 0 Å². The fraction of sp³-hybridized carbons (Fsp3) is 0.591. The van der Waals surface area contributed by atoms with Gasteiger partial charge in [0.1, 0.15) is 5.25 Å². The Labute approximate surface area is 194 Å². The molecular weight excluding hydrogens is 452 g/mol. The number of amides is 2. The smallest absolute Gasteiger partial charge is 0.319 e. The molecule has 1 heterocycles. The maximum atomic E-state index is 12.7. The Kier molecular flexibility index (Phi) is 9.57. The van der Waals surface area contributed by atoms with E-state index in [1.807, 2.05) is 32.9 Å². The zero-order valence-electron chi connectivity index (χ0n) is 19.0. The number of anilines is 1. The van der Waals surface area contributed by atoms with Crippen LogP contribution in [0.5, 0.6) is 0 Å². The van der Waals surface area contributed by atoms with Crippen LogP contribution in [0, 0.1) is 6.92 Å². The Morgan fingerprint density at radius 1 is 1.22 bits per heavy atom. The molecular formula is C22H32N2O6S2. The Morgan fingerprint density at radius 3 is 2.44 bits per heavy atom. The van der Waals surface area contributed by atoms with Crippen LogP contribution in [-0.4, -0.2) is 72.3 Å². The molecule has 178 valence electrons. The molecule has 2 rings (SSSR count). The van der Waals surface area contributed by atoms with Crippen molar-refractivity contribution in [2.75, 3.05) is 29.2 Å². The van der Waals surface area contributed by atoms with Crippen LogP contribution in [0.25, 0.3) is 0 Å². The first-order valence-electron chi connectivity index (χ1n) is 10.7. The minimum absolute atomic E-state index is 0.0562. The maximum Gasteiger partial charge on any atom is 0.319 e. The number of rotatable bonds is 10. The third kappa shape index (κ3) is 7.81. The van der Waals surface area contributed by atoms with Crippen LogP contribution < -0.4 is 5.32 Å². The quantitative estimate of drug-likeness (QED) is 0.508. The van der Waals surface area contributed by atoms with Crippen LogP contribution in [0.4, 0.5) is 5.69 Å². The van der Waals surface area contributed by atoms with Crippen molar-refractivity contribution in [3.63, 3.8) is 0 Å². The fourth-order valence-electron chi connectivity index (χ4n) is 3.43. The van der Waals surface area contributed by atoms with Crippen molar-refractivity contribution in [1.82, 2.24) is 4.90 Å². The molecule has 0 aliphatic carbocycles. The topological polar surface area (TPSA) is 110 Å². The molecule has 1 aromatic rings. The molecule has 10 heteroatoms. The number of esters is 1. The van der Waals surface area contributed by atoms with Gasteiger partial charge in [-0.2, -0.15) is 0 Å². The highest BCUT2D eigenvalue weighted by Crippen LogP contribution is 2.22. The van der Waals surface area contributed by atoms with E-state index in [-0.39, 0.29) is 29.2 Å². The summed E-state index contributed by atoms with van der Waals surface area (Å²) < 4.78 is 28.8. The first kappa shape index (κ1) is 26.2. The van der Waals surface area contributed by atoms with Gasteiger partial charge in [-0.25, -0.2) is 8.42 Å². The monoisotopic (exact) mass is 484 g/mol. The van der Waals surface area contributed by atoms with Gasteiger partial charge in [-0.15, -0.1) is 11.8 Å². The zero-order chi connectivity index (χ0) is 23.9. The van der Waals surface area contributed by atoms with Crippen LogP contribution in [0.1, 0.15) is 39.2 Å². The van der Waals surface area contributed by atoms with Gasteiger partial charge in [-0.05, 0) is 45.7 Å². The number of aryl methyl sites for hydroxylation is 1. The Bertz CT molecular complexity index is 917. The summed E-state index contributed by atoms with van der Waals surface area (Å²) >= 11 is 1.12. The van der Waals surface area contributed by atoms with Crippen molar-refractivity contribution in [2.24, 2.45) is 0 Å². The molecule has 1 aliphatic heterocycles. The number of hydrogen-bond acceptors (Lipinski definition) is 7. The van der Waals surface area contributed by atoms with E-state index >= 15 is 0 Å². The van der Waals surface area contributed by atoms with Crippen LogP contribution in [-0.2, 0) is 29.0 Å². The summed E-state index contributed by atoms with van der Waals surface area (Å²) in [7, 11) is -3.14. The molecule has 32 heavy (non-hydrogen) atoms. The summed E-state index contributed by atoms with van der Waals surface area (Å²) in [4.78, 5) is 38.7. The molecule has 1 aliphatic rings. The lowest BCUT2D eigenvalue weighted by molar-refractivity contribution is -0.153.